The van der Waals surface area contributed by atoms with Gasteiger partial charge in [-0.2, -0.15) is 5.10 Å². The number of carbonyl (C=O) groups excluding carboxylic acids is 1. The molecule has 0 unspecified atom stereocenters. The van der Waals surface area contributed by atoms with E-state index in [4.69, 9.17) is 0 Å². The first-order chi connectivity index (χ1) is 11.0. The van der Waals surface area contributed by atoms with E-state index >= 15 is 0 Å². The van der Waals surface area contributed by atoms with Gasteiger partial charge >= 0.3 is 0 Å². The fourth-order valence-corrected chi connectivity index (χ4v) is 2.94. The van der Waals surface area contributed by atoms with Crippen LogP contribution in [0, 0.1) is 12.8 Å². The Hall–Kier alpha value is -1.40. The lowest BCUT2D eigenvalue weighted by Crippen LogP contribution is -2.37. The molecule has 1 fully saturated rings. The summed E-state index contributed by atoms with van der Waals surface area (Å²) in [4.78, 5) is 14.6. The number of piperidine rings is 1. The number of carbonyl (C=O) groups is 1. The Morgan fingerprint density at radius 1 is 1.43 bits per heavy atom. The third kappa shape index (κ3) is 5.32. The van der Waals surface area contributed by atoms with Crippen LogP contribution >= 0.6 is 0 Å². The largest absolute Gasteiger partial charge is 0.393 e. The number of hydrogen-bond donors (Lipinski definition) is 2. The van der Waals surface area contributed by atoms with E-state index in [2.05, 4.69) is 29.2 Å². The van der Waals surface area contributed by atoms with Crippen LogP contribution in [0.15, 0.2) is 6.20 Å². The first kappa shape index (κ1) is 17.9. The van der Waals surface area contributed by atoms with Crippen LogP contribution in [-0.4, -0.2) is 58.0 Å². The van der Waals surface area contributed by atoms with E-state index in [1.54, 1.807) is 6.20 Å². The highest BCUT2D eigenvalue weighted by atomic mass is 16.3. The van der Waals surface area contributed by atoms with Crippen molar-refractivity contribution in [2.45, 2.75) is 52.7 Å². The van der Waals surface area contributed by atoms with E-state index in [-0.39, 0.29) is 12.0 Å². The zero-order valence-electron chi connectivity index (χ0n) is 14.6. The molecule has 0 spiro atoms. The molecule has 1 aromatic heterocycles. The van der Waals surface area contributed by atoms with E-state index < -0.39 is 0 Å². The van der Waals surface area contributed by atoms with Gasteiger partial charge in [0.15, 0.2) is 0 Å². The third-order valence-electron chi connectivity index (χ3n) is 4.38. The molecule has 23 heavy (non-hydrogen) atoms. The zero-order chi connectivity index (χ0) is 16.8. The van der Waals surface area contributed by atoms with Gasteiger partial charge in [0.25, 0.3) is 5.91 Å². The molecular formula is C17H30N4O2. The normalized spacial score (nSPS) is 16.9. The second kappa shape index (κ2) is 8.45. The summed E-state index contributed by atoms with van der Waals surface area (Å²) in [7, 11) is 0. The molecule has 0 atom stereocenters. The number of nitrogens with zero attached hydrogens (tertiary/aromatic N) is 3. The fourth-order valence-electron chi connectivity index (χ4n) is 2.94. The van der Waals surface area contributed by atoms with Gasteiger partial charge in [-0.1, -0.05) is 13.8 Å². The van der Waals surface area contributed by atoms with Gasteiger partial charge in [-0.25, -0.2) is 0 Å². The Labute approximate surface area is 138 Å². The molecule has 0 bridgehead atoms. The Kier molecular flexibility index (Phi) is 6.59. The maximum Gasteiger partial charge on any atom is 0.254 e. The molecule has 6 nitrogen and oxygen atoms in total. The molecule has 2 rings (SSSR count). The second-order valence-electron chi connectivity index (χ2n) is 6.90. The van der Waals surface area contributed by atoms with Crippen LogP contribution in [0.5, 0.6) is 0 Å². The Morgan fingerprint density at radius 2 is 2.13 bits per heavy atom. The molecule has 1 aliphatic heterocycles. The molecule has 1 amide bonds. The molecule has 0 aromatic carbocycles. The average Bonchev–Trinajstić information content (AvgIpc) is 2.86. The number of likely N-dealkylation sites (tertiary alicyclic amines) is 1. The quantitative estimate of drug-likeness (QED) is 0.745. The van der Waals surface area contributed by atoms with Crippen molar-refractivity contribution >= 4 is 5.91 Å². The minimum absolute atomic E-state index is 0.0356. The molecule has 1 aromatic rings. The number of amides is 1. The van der Waals surface area contributed by atoms with Crippen molar-refractivity contribution in [3.05, 3.63) is 17.5 Å². The van der Waals surface area contributed by atoms with Crippen molar-refractivity contribution in [1.29, 1.82) is 0 Å². The lowest BCUT2D eigenvalue weighted by Gasteiger charge is -2.29. The smallest absolute Gasteiger partial charge is 0.254 e. The third-order valence-corrected chi connectivity index (χ3v) is 4.38. The number of aromatic nitrogens is 2. The maximum absolute atomic E-state index is 12.2. The Bertz CT molecular complexity index is 505. The first-order valence-electron chi connectivity index (χ1n) is 8.68. The molecule has 6 heteroatoms. The topological polar surface area (TPSA) is 70.4 Å². The molecule has 0 saturated carbocycles. The van der Waals surface area contributed by atoms with Crippen LogP contribution in [0.3, 0.4) is 0 Å². The lowest BCUT2D eigenvalue weighted by molar-refractivity contribution is 0.0816. The molecular weight excluding hydrogens is 292 g/mol. The van der Waals surface area contributed by atoms with Gasteiger partial charge in [0.05, 0.1) is 17.9 Å². The second-order valence-corrected chi connectivity index (χ2v) is 6.90. The van der Waals surface area contributed by atoms with E-state index in [0.29, 0.717) is 18.0 Å². The van der Waals surface area contributed by atoms with E-state index in [0.717, 1.165) is 51.1 Å². The fraction of sp³-hybridized carbons (Fsp3) is 0.765. The summed E-state index contributed by atoms with van der Waals surface area (Å²) < 4.78 is 1.90. The molecule has 2 N–H and O–H groups in total. The summed E-state index contributed by atoms with van der Waals surface area (Å²) in [5.74, 6) is 0.471. The average molecular weight is 322 g/mol. The van der Waals surface area contributed by atoms with Gasteiger partial charge in [0.2, 0.25) is 0 Å². The minimum Gasteiger partial charge on any atom is -0.393 e. The summed E-state index contributed by atoms with van der Waals surface area (Å²) in [6.45, 7) is 10.6. The van der Waals surface area contributed by atoms with Gasteiger partial charge in [0.1, 0.15) is 0 Å². The van der Waals surface area contributed by atoms with Gasteiger partial charge in [0, 0.05) is 31.9 Å². The van der Waals surface area contributed by atoms with E-state index in [9.17, 15) is 9.90 Å². The number of aliphatic hydroxyl groups excluding tert-OH is 1. The van der Waals surface area contributed by atoms with E-state index in [1.165, 1.54) is 0 Å². The zero-order valence-corrected chi connectivity index (χ0v) is 14.6. The van der Waals surface area contributed by atoms with Crippen LogP contribution in [0.1, 0.15) is 49.2 Å². The highest BCUT2D eigenvalue weighted by molar-refractivity contribution is 5.94. The van der Waals surface area contributed by atoms with Crippen LogP contribution in [0.25, 0.3) is 0 Å². The number of rotatable bonds is 7. The highest BCUT2D eigenvalue weighted by Crippen LogP contribution is 2.11. The number of hydrogen-bond acceptors (Lipinski definition) is 4. The Balaban J connectivity index is 1.71. The van der Waals surface area contributed by atoms with Crippen LogP contribution in [0.4, 0.5) is 0 Å². The van der Waals surface area contributed by atoms with Crippen molar-refractivity contribution in [1.82, 2.24) is 20.0 Å². The summed E-state index contributed by atoms with van der Waals surface area (Å²) in [5.41, 5.74) is 1.60. The lowest BCUT2D eigenvalue weighted by atomic mass is 10.1. The van der Waals surface area contributed by atoms with Crippen molar-refractivity contribution < 1.29 is 9.90 Å². The highest BCUT2D eigenvalue weighted by Gasteiger charge is 2.17. The van der Waals surface area contributed by atoms with Gasteiger partial charge < -0.3 is 15.3 Å². The monoisotopic (exact) mass is 322 g/mol. The van der Waals surface area contributed by atoms with Crippen LogP contribution in [0.2, 0.25) is 0 Å². The Morgan fingerprint density at radius 3 is 2.78 bits per heavy atom. The first-order valence-corrected chi connectivity index (χ1v) is 8.68. The summed E-state index contributed by atoms with van der Waals surface area (Å²) in [5, 5.41) is 16.8. The van der Waals surface area contributed by atoms with Gasteiger partial charge in [-0.05, 0) is 38.6 Å². The van der Waals surface area contributed by atoms with Crippen molar-refractivity contribution in [3.8, 4) is 0 Å². The number of nitrogens with one attached hydrogen (secondary N) is 1. The predicted molar refractivity (Wildman–Crippen MR) is 90.4 cm³/mol. The summed E-state index contributed by atoms with van der Waals surface area (Å²) in [6, 6.07) is 0. The van der Waals surface area contributed by atoms with Gasteiger partial charge in [-0.3, -0.25) is 9.48 Å². The van der Waals surface area contributed by atoms with Gasteiger partial charge in [-0.15, -0.1) is 0 Å². The molecule has 0 aliphatic carbocycles. The van der Waals surface area contributed by atoms with Crippen molar-refractivity contribution in [3.63, 3.8) is 0 Å². The minimum atomic E-state index is -0.128. The van der Waals surface area contributed by atoms with Crippen LogP contribution in [-0.2, 0) is 6.54 Å². The van der Waals surface area contributed by atoms with Crippen LogP contribution < -0.4 is 5.32 Å². The molecule has 1 aliphatic rings. The van der Waals surface area contributed by atoms with Crippen molar-refractivity contribution in [2.75, 3.05) is 26.2 Å². The van der Waals surface area contributed by atoms with Crippen molar-refractivity contribution in [2.24, 2.45) is 5.92 Å². The SMILES string of the molecule is Cc1c(C(=O)NCCCN2CCC(O)CC2)cnn1CC(C)C. The molecule has 130 valence electrons. The molecule has 1 saturated heterocycles. The standard InChI is InChI=1S/C17H30N4O2/c1-13(2)12-21-14(3)16(11-19-21)17(23)18-7-4-8-20-9-5-15(22)6-10-20/h11,13,15,22H,4-10,12H2,1-3H3,(H,18,23). The summed E-state index contributed by atoms with van der Waals surface area (Å²) >= 11 is 0. The molecule has 0 radical (unpaired) electrons. The maximum atomic E-state index is 12.2. The summed E-state index contributed by atoms with van der Waals surface area (Å²) in [6.07, 6.45) is 4.19. The van der Waals surface area contributed by atoms with E-state index in [1.807, 2.05) is 11.6 Å². The predicted octanol–water partition coefficient (Wildman–Crippen LogP) is 1.42. The number of aliphatic hydroxyl groups is 1. The molecule has 2 heterocycles.